The van der Waals surface area contributed by atoms with E-state index in [1.807, 2.05) is 18.2 Å². The summed E-state index contributed by atoms with van der Waals surface area (Å²) in [5.74, 6) is 0.528. The van der Waals surface area contributed by atoms with Gasteiger partial charge in [-0.2, -0.15) is 0 Å². The molecular weight excluding hydrogens is 318 g/mol. The monoisotopic (exact) mass is 329 g/mol. The Morgan fingerprint density at radius 1 is 1.45 bits per heavy atom. The minimum atomic E-state index is -0.867. The minimum Gasteiger partial charge on any atom is -0.491 e. The molecule has 7 heteroatoms. The number of rotatable bonds is 7. The SMILES string of the molecule is O=C(O)Cc1csc(SCCOc2ccccc2Cl)n1. The number of benzene rings is 1. The summed E-state index contributed by atoms with van der Waals surface area (Å²) in [5.41, 5.74) is 0.594. The van der Waals surface area contributed by atoms with Gasteiger partial charge in [-0.3, -0.25) is 4.79 Å². The van der Waals surface area contributed by atoms with Crippen LogP contribution >= 0.6 is 34.7 Å². The van der Waals surface area contributed by atoms with E-state index in [4.69, 9.17) is 21.4 Å². The average molecular weight is 330 g/mol. The lowest BCUT2D eigenvalue weighted by Gasteiger charge is -2.06. The maximum atomic E-state index is 10.6. The third kappa shape index (κ3) is 4.70. The predicted molar refractivity (Wildman–Crippen MR) is 81.1 cm³/mol. The van der Waals surface area contributed by atoms with Crippen LogP contribution in [0.3, 0.4) is 0 Å². The van der Waals surface area contributed by atoms with E-state index in [2.05, 4.69) is 4.98 Å². The Bertz CT molecular complexity index is 589. The Balaban J connectivity index is 1.75. The standard InChI is InChI=1S/C13H12ClNO3S2/c14-10-3-1-2-4-11(10)18-5-6-19-13-15-9(8-20-13)7-12(16)17/h1-4,8H,5-7H2,(H,16,17). The van der Waals surface area contributed by atoms with Crippen molar-refractivity contribution in [3.63, 3.8) is 0 Å². The molecule has 0 bridgehead atoms. The van der Waals surface area contributed by atoms with Crippen molar-refractivity contribution >= 4 is 40.7 Å². The number of carboxylic acid groups (broad SMARTS) is 1. The second-order valence-electron chi connectivity index (χ2n) is 3.80. The molecule has 0 unspecified atom stereocenters. The number of nitrogens with zero attached hydrogens (tertiary/aromatic N) is 1. The predicted octanol–water partition coefficient (Wildman–Crippen LogP) is 3.59. The van der Waals surface area contributed by atoms with Crippen LogP contribution in [0.2, 0.25) is 5.02 Å². The van der Waals surface area contributed by atoms with E-state index in [-0.39, 0.29) is 6.42 Å². The van der Waals surface area contributed by atoms with E-state index in [0.717, 1.165) is 10.1 Å². The van der Waals surface area contributed by atoms with Crippen LogP contribution in [0.25, 0.3) is 0 Å². The van der Waals surface area contributed by atoms with Crippen LogP contribution in [0.15, 0.2) is 34.0 Å². The quantitative estimate of drug-likeness (QED) is 0.621. The van der Waals surface area contributed by atoms with Gasteiger partial charge in [-0.25, -0.2) is 4.98 Å². The minimum absolute atomic E-state index is 0.0345. The first-order valence-corrected chi connectivity index (χ1v) is 8.06. The lowest BCUT2D eigenvalue weighted by atomic mass is 10.3. The zero-order valence-electron chi connectivity index (χ0n) is 10.4. The number of halogens is 1. The molecule has 0 saturated carbocycles. The molecule has 1 N–H and O–H groups in total. The van der Waals surface area contributed by atoms with Crippen LogP contribution in [0.1, 0.15) is 5.69 Å². The largest absolute Gasteiger partial charge is 0.491 e. The summed E-state index contributed by atoms with van der Waals surface area (Å²) in [7, 11) is 0. The van der Waals surface area contributed by atoms with Crippen molar-refractivity contribution in [3.05, 3.63) is 40.4 Å². The molecule has 1 aromatic carbocycles. The fourth-order valence-corrected chi connectivity index (χ4v) is 3.36. The molecule has 2 rings (SSSR count). The number of hydrogen-bond donors (Lipinski definition) is 1. The molecule has 1 heterocycles. The van der Waals surface area contributed by atoms with Gasteiger partial charge in [-0.05, 0) is 12.1 Å². The van der Waals surface area contributed by atoms with E-state index in [0.29, 0.717) is 23.1 Å². The van der Waals surface area contributed by atoms with Crippen LogP contribution in [-0.2, 0) is 11.2 Å². The second-order valence-corrected chi connectivity index (χ2v) is 6.41. The van der Waals surface area contributed by atoms with Crippen LogP contribution in [0.5, 0.6) is 5.75 Å². The number of carboxylic acids is 1. The van der Waals surface area contributed by atoms with Gasteiger partial charge < -0.3 is 9.84 Å². The van der Waals surface area contributed by atoms with Crippen LogP contribution in [0, 0.1) is 0 Å². The molecule has 1 aromatic heterocycles. The van der Waals surface area contributed by atoms with Gasteiger partial charge in [0.15, 0.2) is 0 Å². The zero-order valence-corrected chi connectivity index (χ0v) is 12.8. The van der Waals surface area contributed by atoms with Gasteiger partial charge in [0.05, 0.1) is 23.7 Å². The van der Waals surface area contributed by atoms with Crippen molar-refractivity contribution in [1.82, 2.24) is 4.98 Å². The van der Waals surface area contributed by atoms with Gasteiger partial charge in [0.25, 0.3) is 0 Å². The van der Waals surface area contributed by atoms with Crippen molar-refractivity contribution < 1.29 is 14.6 Å². The number of aliphatic carboxylic acids is 1. The number of thioether (sulfide) groups is 1. The first-order chi connectivity index (χ1) is 9.65. The first-order valence-electron chi connectivity index (χ1n) is 5.81. The number of thiazole rings is 1. The summed E-state index contributed by atoms with van der Waals surface area (Å²) in [4.78, 5) is 14.8. The van der Waals surface area contributed by atoms with Crippen LogP contribution in [-0.4, -0.2) is 28.4 Å². The van der Waals surface area contributed by atoms with E-state index in [9.17, 15) is 4.79 Å². The maximum absolute atomic E-state index is 10.6. The molecule has 0 aliphatic heterocycles. The molecule has 0 aliphatic carbocycles. The number of ether oxygens (including phenoxy) is 1. The Morgan fingerprint density at radius 3 is 3.00 bits per heavy atom. The number of aromatic nitrogens is 1. The van der Waals surface area contributed by atoms with E-state index < -0.39 is 5.97 Å². The van der Waals surface area contributed by atoms with Crippen molar-refractivity contribution in [3.8, 4) is 5.75 Å². The van der Waals surface area contributed by atoms with Gasteiger partial charge in [-0.15, -0.1) is 11.3 Å². The third-order valence-corrected chi connectivity index (χ3v) is 4.61. The summed E-state index contributed by atoms with van der Waals surface area (Å²) in [6.07, 6.45) is -0.0345. The first kappa shape index (κ1) is 15.2. The summed E-state index contributed by atoms with van der Waals surface area (Å²) < 4.78 is 6.41. The van der Waals surface area contributed by atoms with Gasteiger partial charge in [0.1, 0.15) is 10.1 Å². The van der Waals surface area contributed by atoms with Crippen LogP contribution < -0.4 is 4.74 Å². The fraction of sp³-hybridized carbons (Fsp3) is 0.231. The van der Waals surface area contributed by atoms with E-state index in [1.165, 1.54) is 23.1 Å². The summed E-state index contributed by atoms with van der Waals surface area (Å²) in [5, 5.41) is 11.0. The number of carbonyl (C=O) groups is 1. The third-order valence-electron chi connectivity index (χ3n) is 2.27. The molecule has 0 amide bonds. The Morgan fingerprint density at radius 2 is 2.25 bits per heavy atom. The fourth-order valence-electron chi connectivity index (χ4n) is 1.43. The van der Waals surface area contributed by atoms with Crippen molar-refractivity contribution in [2.24, 2.45) is 0 Å². The van der Waals surface area contributed by atoms with Crippen LogP contribution in [0.4, 0.5) is 0 Å². The summed E-state index contributed by atoms with van der Waals surface area (Å²) >= 11 is 8.96. The Labute approximate surface area is 129 Å². The zero-order chi connectivity index (χ0) is 14.4. The Kier molecular flexibility index (Phi) is 5.70. The van der Waals surface area contributed by atoms with Crippen molar-refractivity contribution in [2.75, 3.05) is 12.4 Å². The van der Waals surface area contributed by atoms with Gasteiger partial charge >= 0.3 is 5.97 Å². The molecule has 106 valence electrons. The topological polar surface area (TPSA) is 59.4 Å². The highest BCUT2D eigenvalue weighted by Crippen LogP contribution is 2.25. The maximum Gasteiger partial charge on any atom is 0.309 e. The van der Waals surface area contributed by atoms with E-state index >= 15 is 0 Å². The van der Waals surface area contributed by atoms with Crippen molar-refractivity contribution in [1.29, 1.82) is 0 Å². The highest BCUT2D eigenvalue weighted by atomic mass is 35.5. The molecule has 0 aliphatic rings. The highest BCUT2D eigenvalue weighted by molar-refractivity contribution is 8.01. The highest BCUT2D eigenvalue weighted by Gasteiger charge is 2.06. The van der Waals surface area contributed by atoms with Gasteiger partial charge in [-0.1, -0.05) is 35.5 Å². The average Bonchev–Trinajstić information content (AvgIpc) is 2.83. The lowest BCUT2D eigenvalue weighted by Crippen LogP contribution is -2.01. The molecule has 0 saturated heterocycles. The number of para-hydroxylation sites is 1. The van der Waals surface area contributed by atoms with Gasteiger partial charge in [0, 0.05) is 11.1 Å². The smallest absolute Gasteiger partial charge is 0.309 e. The molecule has 4 nitrogen and oxygen atoms in total. The summed E-state index contributed by atoms with van der Waals surface area (Å²) in [6.45, 7) is 0.516. The normalized spacial score (nSPS) is 10.4. The van der Waals surface area contributed by atoms with Gasteiger partial charge in [0.2, 0.25) is 0 Å². The lowest BCUT2D eigenvalue weighted by molar-refractivity contribution is -0.136. The molecule has 0 spiro atoms. The van der Waals surface area contributed by atoms with E-state index in [1.54, 1.807) is 11.4 Å². The molecule has 20 heavy (non-hydrogen) atoms. The molecule has 0 fully saturated rings. The molecule has 2 aromatic rings. The molecule has 0 atom stereocenters. The van der Waals surface area contributed by atoms with Crippen molar-refractivity contribution in [2.45, 2.75) is 10.8 Å². The summed E-state index contributed by atoms with van der Waals surface area (Å²) in [6, 6.07) is 7.32. The second kappa shape index (κ2) is 7.52. The molecular formula is C13H12ClNO3S2. The Hall–Kier alpha value is -1.24. The number of hydrogen-bond acceptors (Lipinski definition) is 5. The molecule has 0 radical (unpaired) electrons.